The van der Waals surface area contributed by atoms with Crippen molar-refractivity contribution in [2.45, 2.75) is 51.9 Å². The molecule has 3 rings (SSSR count). The second-order valence-corrected chi connectivity index (χ2v) is 8.18. The molecule has 2 aliphatic rings. The van der Waals surface area contributed by atoms with Crippen molar-refractivity contribution in [1.82, 2.24) is 20.4 Å². The van der Waals surface area contributed by atoms with Crippen LogP contribution in [0.25, 0.3) is 0 Å². The molecule has 2 saturated heterocycles. The first-order valence-electron chi connectivity index (χ1n) is 10.8. The molecule has 7 heteroatoms. The van der Waals surface area contributed by atoms with Crippen molar-refractivity contribution in [3.8, 4) is 0 Å². The summed E-state index contributed by atoms with van der Waals surface area (Å²) < 4.78 is 5.70. The number of piperidine rings is 1. The zero-order valence-corrected chi connectivity index (χ0v) is 17.7. The number of rotatable bonds is 6. The highest BCUT2D eigenvalue weighted by Gasteiger charge is 2.26. The van der Waals surface area contributed by atoms with Gasteiger partial charge in [-0.25, -0.2) is 4.79 Å². The maximum absolute atomic E-state index is 12.7. The number of hydrogen-bond donors (Lipinski definition) is 2. The summed E-state index contributed by atoms with van der Waals surface area (Å²) in [6, 6.07) is 7.30. The van der Waals surface area contributed by atoms with Crippen molar-refractivity contribution in [3.05, 3.63) is 35.4 Å². The number of carbonyl (C=O) groups is 2. The van der Waals surface area contributed by atoms with Crippen LogP contribution in [0.2, 0.25) is 0 Å². The van der Waals surface area contributed by atoms with E-state index >= 15 is 0 Å². The number of urea groups is 1. The number of likely N-dealkylation sites (tertiary alicyclic amines) is 1. The summed E-state index contributed by atoms with van der Waals surface area (Å²) in [4.78, 5) is 28.9. The summed E-state index contributed by atoms with van der Waals surface area (Å²) in [5.74, 6) is 0.0296. The molecule has 1 aromatic rings. The van der Waals surface area contributed by atoms with Crippen molar-refractivity contribution < 1.29 is 14.3 Å². The van der Waals surface area contributed by atoms with Crippen LogP contribution in [0.5, 0.6) is 0 Å². The Balaban J connectivity index is 1.39. The van der Waals surface area contributed by atoms with E-state index in [0.717, 1.165) is 25.2 Å². The fourth-order valence-electron chi connectivity index (χ4n) is 4.05. The highest BCUT2D eigenvalue weighted by molar-refractivity contribution is 5.94. The van der Waals surface area contributed by atoms with E-state index in [4.69, 9.17) is 4.74 Å². The van der Waals surface area contributed by atoms with Crippen LogP contribution >= 0.6 is 0 Å². The van der Waals surface area contributed by atoms with Gasteiger partial charge in [0.15, 0.2) is 0 Å². The van der Waals surface area contributed by atoms with Gasteiger partial charge < -0.3 is 25.2 Å². The van der Waals surface area contributed by atoms with Gasteiger partial charge in [-0.3, -0.25) is 4.79 Å². The lowest BCUT2D eigenvalue weighted by molar-refractivity contribution is -0.0586. The molecule has 2 heterocycles. The van der Waals surface area contributed by atoms with Crippen LogP contribution in [0.3, 0.4) is 0 Å². The van der Waals surface area contributed by atoms with E-state index in [2.05, 4.69) is 15.5 Å². The van der Waals surface area contributed by atoms with Gasteiger partial charge in [-0.2, -0.15) is 0 Å². The molecule has 2 fully saturated rings. The van der Waals surface area contributed by atoms with Gasteiger partial charge in [-0.1, -0.05) is 18.6 Å². The van der Waals surface area contributed by atoms with Crippen LogP contribution < -0.4 is 10.6 Å². The van der Waals surface area contributed by atoms with Crippen LogP contribution in [0, 0.1) is 0 Å². The third-order valence-corrected chi connectivity index (χ3v) is 5.52. The van der Waals surface area contributed by atoms with Gasteiger partial charge in [0.05, 0.1) is 12.2 Å². The summed E-state index contributed by atoms with van der Waals surface area (Å²) >= 11 is 0. The molecule has 0 unspecified atom stereocenters. The SMILES string of the molecule is C[C@@H]1CN(C(=O)c2ccc(CNC(=O)NCCN3CCCCC3)cc2)C[C@H](C)O1. The van der Waals surface area contributed by atoms with Gasteiger partial charge in [-0.05, 0) is 57.5 Å². The lowest BCUT2D eigenvalue weighted by atomic mass is 10.1. The summed E-state index contributed by atoms with van der Waals surface area (Å²) in [6.45, 7) is 9.49. The maximum atomic E-state index is 12.7. The Morgan fingerprint density at radius 3 is 2.31 bits per heavy atom. The number of hydrogen-bond acceptors (Lipinski definition) is 4. The molecule has 0 aromatic heterocycles. The third-order valence-electron chi connectivity index (χ3n) is 5.52. The standard InChI is InChI=1S/C22H34N4O3/c1-17-15-26(16-18(2)29-17)21(27)20-8-6-19(7-9-20)14-24-22(28)23-10-13-25-11-4-3-5-12-25/h6-9,17-18H,3-5,10-16H2,1-2H3,(H2,23,24,28)/t17-,18+. The largest absolute Gasteiger partial charge is 0.372 e. The highest BCUT2D eigenvalue weighted by Crippen LogP contribution is 2.15. The van der Waals surface area contributed by atoms with Crippen molar-refractivity contribution in [2.75, 3.05) is 39.3 Å². The number of morpholine rings is 1. The predicted molar refractivity (Wildman–Crippen MR) is 113 cm³/mol. The molecular formula is C22H34N4O3. The Hall–Kier alpha value is -2.12. The molecule has 2 atom stereocenters. The molecule has 0 saturated carbocycles. The maximum Gasteiger partial charge on any atom is 0.315 e. The topological polar surface area (TPSA) is 73.9 Å². The first-order chi connectivity index (χ1) is 14.0. The van der Waals surface area contributed by atoms with Crippen LogP contribution in [-0.4, -0.2) is 73.2 Å². The van der Waals surface area contributed by atoms with Gasteiger partial charge in [0.2, 0.25) is 0 Å². The normalized spacial score (nSPS) is 22.9. The quantitative estimate of drug-likeness (QED) is 0.765. The van der Waals surface area contributed by atoms with Gasteiger partial charge in [0.25, 0.3) is 5.91 Å². The third kappa shape index (κ3) is 6.72. The van der Waals surface area contributed by atoms with E-state index in [0.29, 0.717) is 31.7 Å². The molecule has 160 valence electrons. The van der Waals surface area contributed by atoms with E-state index in [9.17, 15) is 9.59 Å². The average molecular weight is 403 g/mol. The molecule has 3 amide bonds. The summed E-state index contributed by atoms with van der Waals surface area (Å²) in [6.07, 6.45) is 3.95. The summed E-state index contributed by atoms with van der Waals surface area (Å²) in [5, 5.41) is 5.80. The average Bonchev–Trinajstić information content (AvgIpc) is 2.72. The van der Waals surface area contributed by atoms with Crippen LogP contribution in [0.15, 0.2) is 24.3 Å². The van der Waals surface area contributed by atoms with Crippen molar-refractivity contribution in [2.24, 2.45) is 0 Å². The Labute approximate surface area is 173 Å². The van der Waals surface area contributed by atoms with Crippen molar-refractivity contribution in [1.29, 1.82) is 0 Å². The minimum atomic E-state index is -0.154. The molecule has 0 aliphatic carbocycles. The highest BCUT2D eigenvalue weighted by atomic mass is 16.5. The lowest BCUT2D eigenvalue weighted by Crippen LogP contribution is -2.48. The predicted octanol–water partition coefficient (Wildman–Crippen LogP) is 2.22. The van der Waals surface area contributed by atoms with E-state index in [1.54, 1.807) is 0 Å². The zero-order valence-electron chi connectivity index (χ0n) is 17.7. The number of carbonyl (C=O) groups excluding carboxylic acids is 2. The second kappa shape index (κ2) is 10.6. The first kappa shape index (κ1) is 21.6. The van der Waals surface area contributed by atoms with E-state index < -0.39 is 0 Å². The first-order valence-corrected chi connectivity index (χ1v) is 10.8. The van der Waals surface area contributed by atoms with Crippen molar-refractivity contribution >= 4 is 11.9 Å². The Bertz CT molecular complexity index is 663. The molecule has 0 spiro atoms. The van der Waals surface area contributed by atoms with Crippen LogP contribution in [0.1, 0.15) is 49.0 Å². The Morgan fingerprint density at radius 1 is 1.00 bits per heavy atom. The van der Waals surface area contributed by atoms with E-state index in [-0.39, 0.29) is 24.1 Å². The number of amides is 3. The van der Waals surface area contributed by atoms with Crippen molar-refractivity contribution in [3.63, 3.8) is 0 Å². The number of ether oxygens (including phenoxy) is 1. The monoisotopic (exact) mass is 402 g/mol. The fourth-order valence-corrected chi connectivity index (χ4v) is 4.05. The molecule has 29 heavy (non-hydrogen) atoms. The smallest absolute Gasteiger partial charge is 0.315 e. The van der Waals surface area contributed by atoms with Crippen LogP contribution in [0.4, 0.5) is 4.79 Å². The summed E-state index contributed by atoms with van der Waals surface area (Å²) in [7, 11) is 0. The van der Waals surface area contributed by atoms with E-state index in [1.165, 1.54) is 19.3 Å². The van der Waals surface area contributed by atoms with Gasteiger partial charge in [0, 0.05) is 38.3 Å². The number of nitrogens with zero attached hydrogens (tertiary/aromatic N) is 2. The molecular weight excluding hydrogens is 368 g/mol. The van der Waals surface area contributed by atoms with Gasteiger partial charge in [-0.15, -0.1) is 0 Å². The molecule has 0 bridgehead atoms. The minimum absolute atomic E-state index is 0.0296. The lowest BCUT2D eigenvalue weighted by Gasteiger charge is -2.35. The Kier molecular flexibility index (Phi) is 7.89. The zero-order chi connectivity index (χ0) is 20.6. The van der Waals surface area contributed by atoms with Gasteiger partial charge >= 0.3 is 6.03 Å². The number of benzene rings is 1. The second-order valence-electron chi connectivity index (χ2n) is 8.18. The summed E-state index contributed by atoms with van der Waals surface area (Å²) in [5.41, 5.74) is 1.64. The van der Waals surface area contributed by atoms with E-state index in [1.807, 2.05) is 43.0 Å². The fraction of sp³-hybridized carbons (Fsp3) is 0.636. The number of nitrogens with one attached hydrogen (secondary N) is 2. The molecule has 7 nitrogen and oxygen atoms in total. The van der Waals surface area contributed by atoms with Crippen LogP contribution in [-0.2, 0) is 11.3 Å². The molecule has 1 aromatic carbocycles. The molecule has 0 radical (unpaired) electrons. The minimum Gasteiger partial charge on any atom is -0.372 e. The molecule has 2 aliphatic heterocycles. The molecule has 2 N–H and O–H groups in total. The Morgan fingerprint density at radius 2 is 1.66 bits per heavy atom. The van der Waals surface area contributed by atoms with Gasteiger partial charge in [0.1, 0.15) is 0 Å².